The zero-order valence-electron chi connectivity index (χ0n) is 19.9. The lowest BCUT2D eigenvalue weighted by Crippen LogP contribution is -2.55. The molecule has 0 spiro atoms. The van der Waals surface area contributed by atoms with Gasteiger partial charge < -0.3 is 29.9 Å². The van der Waals surface area contributed by atoms with E-state index < -0.39 is 30.0 Å². The van der Waals surface area contributed by atoms with Gasteiger partial charge in [-0.2, -0.15) is 0 Å². The number of hydrogen-bond acceptors (Lipinski definition) is 6. The Bertz CT molecular complexity index is 1080. The molecule has 0 fully saturated rings. The minimum atomic E-state index is -1.20. The van der Waals surface area contributed by atoms with Crippen LogP contribution in [-0.2, 0) is 20.9 Å². The molecule has 3 atom stereocenters. The lowest BCUT2D eigenvalue weighted by Gasteiger charge is -2.40. The molecule has 10 heteroatoms. The highest BCUT2D eigenvalue weighted by molar-refractivity contribution is 14.1. The van der Waals surface area contributed by atoms with Crippen molar-refractivity contribution in [1.29, 1.82) is 0 Å². The maximum Gasteiger partial charge on any atom is 0.247 e. The van der Waals surface area contributed by atoms with Crippen molar-refractivity contribution in [3.8, 4) is 5.75 Å². The van der Waals surface area contributed by atoms with Gasteiger partial charge in [-0.1, -0.05) is 30.3 Å². The Morgan fingerprint density at radius 3 is 2.61 bits per heavy atom. The second-order valence-electron chi connectivity index (χ2n) is 8.30. The van der Waals surface area contributed by atoms with E-state index in [0.717, 1.165) is 3.57 Å². The highest BCUT2D eigenvalue weighted by Gasteiger charge is 2.40. The first-order valence-electron chi connectivity index (χ1n) is 11.6. The van der Waals surface area contributed by atoms with Crippen LogP contribution in [0.2, 0.25) is 0 Å². The SMILES string of the molecule is COCCC(=O)N(Cc1ccccc1F)C1CC(C(=O)NCCO)=CC(Oc2ccccc2I)C1O. The van der Waals surface area contributed by atoms with Crippen molar-refractivity contribution in [1.82, 2.24) is 10.2 Å². The third-order valence-electron chi connectivity index (χ3n) is 5.85. The van der Waals surface area contributed by atoms with Crippen LogP contribution in [0.5, 0.6) is 5.75 Å². The molecule has 0 saturated heterocycles. The van der Waals surface area contributed by atoms with Crippen molar-refractivity contribution in [2.45, 2.75) is 37.6 Å². The molecule has 3 rings (SSSR count). The standard InChI is InChI=1S/C26H30FIN2O6/c1-35-13-10-24(32)30(16-17-6-2-3-7-19(17)27)21-14-18(26(34)29-11-12-31)15-23(25(21)33)36-22-9-5-4-8-20(22)28/h2-9,15,21,23,25,31,33H,10-14,16H2,1H3,(H,29,34). The Morgan fingerprint density at radius 1 is 1.19 bits per heavy atom. The van der Waals surface area contributed by atoms with Gasteiger partial charge in [0.1, 0.15) is 23.8 Å². The van der Waals surface area contributed by atoms with Crippen LogP contribution in [0.15, 0.2) is 60.2 Å². The number of methoxy groups -OCH3 is 1. The summed E-state index contributed by atoms with van der Waals surface area (Å²) in [6, 6.07) is 12.5. The third kappa shape index (κ3) is 7.25. The largest absolute Gasteiger partial charge is 0.482 e. The lowest BCUT2D eigenvalue weighted by atomic mass is 9.87. The molecule has 1 aliphatic carbocycles. The van der Waals surface area contributed by atoms with E-state index in [1.165, 1.54) is 24.2 Å². The molecule has 2 aromatic rings. The van der Waals surface area contributed by atoms with Crippen LogP contribution in [0.4, 0.5) is 4.39 Å². The van der Waals surface area contributed by atoms with E-state index >= 15 is 0 Å². The van der Waals surface area contributed by atoms with E-state index in [4.69, 9.17) is 14.6 Å². The second-order valence-corrected chi connectivity index (χ2v) is 9.46. The Hall–Kier alpha value is -2.54. The maximum absolute atomic E-state index is 14.5. The Balaban J connectivity index is 1.98. The molecule has 8 nitrogen and oxygen atoms in total. The van der Waals surface area contributed by atoms with E-state index in [1.54, 1.807) is 30.3 Å². The summed E-state index contributed by atoms with van der Waals surface area (Å²) in [6.07, 6.45) is -0.567. The van der Waals surface area contributed by atoms with Crippen molar-refractivity contribution < 1.29 is 33.7 Å². The molecule has 0 heterocycles. The summed E-state index contributed by atoms with van der Waals surface area (Å²) in [5, 5.41) is 23.1. The topological polar surface area (TPSA) is 108 Å². The van der Waals surface area contributed by atoms with Crippen LogP contribution in [-0.4, -0.2) is 72.0 Å². The maximum atomic E-state index is 14.5. The zero-order valence-corrected chi connectivity index (χ0v) is 22.1. The molecule has 3 unspecified atom stereocenters. The van der Waals surface area contributed by atoms with Crippen LogP contribution in [0.1, 0.15) is 18.4 Å². The molecule has 0 bridgehead atoms. The number of nitrogens with one attached hydrogen (secondary N) is 1. The first kappa shape index (κ1) is 28.0. The van der Waals surface area contributed by atoms with Crippen LogP contribution in [0.3, 0.4) is 0 Å². The highest BCUT2D eigenvalue weighted by Crippen LogP contribution is 2.31. The number of benzene rings is 2. The summed E-state index contributed by atoms with van der Waals surface area (Å²) in [7, 11) is 1.47. The van der Waals surface area contributed by atoms with Gasteiger partial charge in [-0.3, -0.25) is 9.59 Å². The number of hydrogen-bond donors (Lipinski definition) is 3. The summed E-state index contributed by atoms with van der Waals surface area (Å²) in [4.78, 5) is 27.5. The Morgan fingerprint density at radius 2 is 1.92 bits per heavy atom. The molecule has 0 saturated carbocycles. The molecule has 194 valence electrons. The fraction of sp³-hybridized carbons (Fsp3) is 0.385. The molecule has 0 radical (unpaired) electrons. The molecule has 2 aromatic carbocycles. The zero-order chi connectivity index (χ0) is 26.1. The number of carbonyl (C=O) groups excluding carboxylic acids is 2. The van der Waals surface area contributed by atoms with Crippen molar-refractivity contribution in [3.63, 3.8) is 0 Å². The third-order valence-corrected chi connectivity index (χ3v) is 6.74. The van der Waals surface area contributed by atoms with Gasteiger partial charge in [-0.15, -0.1) is 0 Å². The predicted octanol–water partition coefficient (Wildman–Crippen LogP) is 2.41. The van der Waals surface area contributed by atoms with Gasteiger partial charge in [0.15, 0.2) is 0 Å². The lowest BCUT2D eigenvalue weighted by molar-refractivity contribution is -0.140. The molecule has 1 aliphatic rings. The first-order valence-corrected chi connectivity index (χ1v) is 12.6. The van der Waals surface area contributed by atoms with E-state index in [1.807, 2.05) is 12.1 Å². The van der Waals surface area contributed by atoms with Crippen molar-refractivity contribution in [3.05, 3.63) is 75.1 Å². The van der Waals surface area contributed by atoms with Crippen molar-refractivity contribution in [2.75, 3.05) is 26.9 Å². The smallest absolute Gasteiger partial charge is 0.247 e. The predicted molar refractivity (Wildman–Crippen MR) is 140 cm³/mol. The van der Waals surface area contributed by atoms with Gasteiger partial charge in [0.05, 0.1) is 29.2 Å². The number of para-hydroxylation sites is 1. The van der Waals surface area contributed by atoms with Crippen LogP contribution >= 0.6 is 22.6 Å². The van der Waals surface area contributed by atoms with Gasteiger partial charge >= 0.3 is 0 Å². The number of carbonyl (C=O) groups is 2. The van der Waals surface area contributed by atoms with Gasteiger partial charge in [0, 0.05) is 37.8 Å². The molecule has 0 aliphatic heterocycles. The van der Waals surface area contributed by atoms with Crippen molar-refractivity contribution >= 4 is 34.4 Å². The number of amides is 2. The molecular weight excluding hydrogens is 582 g/mol. The molecule has 2 amide bonds. The average molecular weight is 612 g/mol. The van der Waals surface area contributed by atoms with Gasteiger partial charge in [0.25, 0.3) is 0 Å². The minimum absolute atomic E-state index is 0.0199. The normalized spacial score (nSPS) is 19.4. The summed E-state index contributed by atoms with van der Waals surface area (Å²) >= 11 is 2.11. The van der Waals surface area contributed by atoms with Gasteiger partial charge in [-0.25, -0.2) is 4.39 Å². The second kappa shape index (κ2) is 13.7. The van der Waals surface area contributed by atoms with Crippen molar-refractivity contribution in [2.24, 2.45) is 0 Å². The van der Waals surface area contributed by atoms with E-state index in [0.29, 0.717) is 11.3 Å². The molecule has 36 heavy (non-hydrogen) atoms. The van der Waals surface area contributed by atoms with E-state index in [2.05, 4.69) is 27.9 Å². The highest BCUT2D eigenvalue weighted by atomic mass is 127. The van der Waals surface area contributed by atoms with E-state index in [9.17, 15) is 19.1 Å². The summed E-state index contributed by atoms with van der Waals surface area (Å²) < 4.78 is 26.5. The minimum Gasteiger partial charge on any atom is -0.482 e. The fourth-order valence-corrected chi connectivity index (χ4v) is 4.51. The fourth-order valence-electron chi connectivity index (χ4n) is 4.00. The monoisotopic (exact) mass is 612 g/mol. The van der Waals surface area contributed by atoms with Gasteiger partial charge in [-0.05, 0) is 46.9 Å². The summed E-state index contributed by atoms with van der Waals surface area (Å²) in [5.41, 5.74) is 0.583. The van der Waals surface area contributed by atoms with Gasteiger partial charge in [0.2, 0.25) is 11.8 Å². The number of aliphatic hydroxyl groups excluding tert-OH is 2. The van der Waals surface area contributed by atoms with Crippen LogP contribution in [0.25, 0.3) is 0 Å². The number of aliphatic hydroxyl groups is 2. The molecular formula is C26H30FIN2O6. The van der Waals surface area contributed by atoms with E-state index in [-0.39, 0.29) is 50.6 Å². The molecule has 0 aromatic heterocycles. The summed E-state index contributed by atoms with van der Waals surface area (Å²) in [5.74, 6) is -0.752. The number of ether oxygens (including phenoxy) is 2. The number of halogens is 2. The molecule has 3 N–H and O–H groups in total. The summed E-state index contributed by atoms with van der Waals surface area (Å²) in [6.45, 7) is -0.130. The first-order chi connectivity index (χ1) is 17.3. The Kier molecular flexibility index (Phi) is 10.7. The van der Waals surface area contributed by atoms with Crippen LogP contribution in [0, 0.1) is 9.39 Å². The number of nitrogens with zero attached hydrogens (tertiary/aromatic N) is 1. The quantitative estimate of drug-likeness (QED) is 0.337. The van der Waals surface area contributed by atoms with Crippen LogP contribution < -0.4 is 10.1 Å². The number of rotatable bonds is 11. The Labute approximate surface area is 223 Å². The average Bonchev–Trinajstić information content (AvgIpc) is 2.88.